The van der Waals surface area contributed by atoms with Gasteiger partial charge in [0.2, 0.25) is 0 Å². The van der Waals surface area contributed by atoms with Crippen molar-refractivity contribution in [1.29, 1.82) is 0 Å². The summed E-state index contributed by atoms with van der Waals surface area (Å²) in [5, 5.41) is 3.58. The number of methoxy groups -OCH3 is 2. The minimum absolute atomic E-state index is 0.389. The van der Waals surface area contributed by atoms with Gasteiger partial charge >= 0.3 is 5.97 Å². The SMILES string of the molecule is COC(=O)C(Nc1ccccc1)c1ccc(OC)c(Cl)c1. The van der Waals surface area contributed by atoms with Crippen LogP contribution in [0.5, 0.6) is 5.75 Å². The molecule has 0 spiro atoms. The number of anilines is 1. The Morgan fingerprint density at radius 1 is 1.14 bits per heavy atom. The lowest BCUT2D eigenvalue weighted by molar-refractivity contribution is -0.141. The summed E-state index contributed by atoms with van der Waals surface area (Å²) in [6.07, 6.45) is 0. The van der Waals surface area contributed by atoms with Crippen molar-refractivity contribution in [2.24, 2.45) is 0 Å². The van der Waals surface area contributed by atoms with E-state index in [1.807, 2.05) is 30.3 Å². The van der Waals surface area contributed by atoms with E-state index in [4.69, 9.17) is 21.1 Å². The molecule has 4 nitrogen and oxygen atoms in total. The van der Waals surface area contributed by atoms with Crippen molar-refractivity contribution in [3.63, 3.8) is 0 Å². The zero-order valence-electron chi connectivity index (χ0n) is 11.8. The van der Waals surface area contributed by atoms with Gasteiger partial charge in [0.05, 0.1) is 19.2 Å². The molecule has 0 aliphatic carbocycles. The molecule has 5 heteroatoms. The molecule has 1 N–H and O–H groups in total. The molecule has 1 unspecified atom stereocenters. The molecule has 2 aromatic carbocycles. The second kappa shape index (κ2) is 6.99. The maximum atomic E-state index is 12.0. The molecule has 0 saturated heterocycles. The van der Waals surface area contributed by atoms with E-state index in [0.29, 0.717) is 16.3 Å². The second-order valence-corrected chi connectivity index (χ2v) is 4.77. The Bertz CT molecular complexity index is 616. The third kappa shape index (κ3) is 3.67. The van der Waals surface area contributed by atoms with Gasteiger partial charge in [-0.3, -0.25) is 0 Å². The minimum atomic E-state index is -0.638. The summed E-state index contributed by atoms with van der Waals surface area (Å²) in [6, 6.07) is 14.0. The summed E-state index contributed by atoms with van der Waals surface area (Å²) in [6.45, 7) is 0. The minimum Gasteiger partial charge on any atom is -0.495 e. The average Bonchev–Trinajstić information content (AvgIpc) is 2.53. The van der Waals surface area contributed by atoms with E-state index in [9.17, 15) is 4.79 Å². The third-order valence-electron chi connectivity index (χ3n) is 3.03. The van der Waals surface area contributed by atoms with Gasteiger partial charge < -0.3 is 14.8 Å². The molecule has 0 saturated carbocycles. The molecule has 21 heavy (non-hydrogen) atoms. The van der Waals surface area contributed by atoms with E-state index in [-0.39, 0.29) is 5.97 Å². The van der Waals surface area contributed by atoms with Gasteiger partial charge in [0.25, 0.3) is 0 Å². The second-order valence-electron chi connectivity index (χ2n) is 4.36. The van der Waals surface area contributed by atoms with Crippen LogP contribution in [0.3, 0.4) is 0 Å². The van der Waals surface area contributed by atoms with Crippen LogP contribution >= 0.6 is 11.6 Å². The highest BCUT2D eigenvalue weighted by Gasteiger charge is 2.22. The first-order valence-corrected chi connectivity index (χ1v) is 6.76. The van der Waals surface area contributed by atoms with E-state index in [2.05, 4.69) is 5.32 Å². The maximum Gasteiger partial charge on any atom is 0.332 e. The van der Waals surface area contributed by atoms with E-state index in [1.54, 1.807) is 25.3 Å². The van der Waals surface area contributed by atoms with Crippen LogP contribution < -0.4 is 10.1 Å². The average molecular weight is 306 g/mol. The number of carbonyl (C=O) groups is 1. The Morgan fingerprint density at radius 3 is 2.43 bits per heavy atom. The highest BCUT2D eigenvalue weighted by Crippen LogP contribution is 2.29. The lowest BCUT2D eigenvalue weighted by atomic mass is 10.1. The Morgan fingerprint density at radius 2 is 1.86 bits per heavy atom. The third-order valence-corrected chi connectivity index (χ3v) is 3.33. The van der Waals surface area contributed by atoms with E-state index in [0.717, 1.165) is 5.69 Å². The van der Waals surface area contributed by atoms with Gasteiger partial charge in [-0.1, -0.05) is 35.9 Å². The monoisotopic (exact) mass is 305 g/mol. The Balaban J connectivity index is 2.32. The van der Waals surface area contributed by atoms with Crippen LogP contribution in [-0.4, -0.2) is 20.2 Å². The molecular weight excluding hydrogens is 290 g/mol. The molecule has 2 rings (SSSR count). The number of carbonyl (C=O) groups excluding carboxylic acids is 1. The lowest BCUT2D eigenvalue weighted by Gasteiger charge is -2.18. The van der Waals surface area contributed by atoms with E-state index < -0.39 is 6.04 Å². The predicted octanol–water partition coefficient (Wildman–Crippen LogP) is 3.67. The van der Waals surface area contributed by atoms with Crippen molar-refractivity contribution in [3.05, 3.63) is 59.1 Å². The van der Waals surface area contributed by atoms with Gasteiger partial charge in [-0.2, -0.15) is 0 Å². The summed E-state index contributed by atoms with van der Waals surface area (Å²) in [5.74, 6) is 0.170. The number of hydrogen-bond donors (Lipinski definition) is 1. The summed E-state index contributed by atoms with van der Waals surface area (Å²) in [5.41, 5.74) is 1.52. The van der Waals surface area contributed by atoms with Crippen molar-refractivity contribution < 1.29 is 14.3 Å². The summed E-state index contributed by atoms with van der Waals surface area (Å²) < 4.78 is 9.98. The highest BCUT2D eigenvalue weighted by atomic mass is 35.5. The number of esters is 1. The first-order valence-electron chi connectivity index (χ1n) is 6.38. The van der Waals surface area contributed by atoms with E-state index in [1.165, 1.54) is 7.11 Å². The lowest BCUT2D eigenvalue weighted by Crippen LogP contribution is -2.22. The molecule has 1 atom stereocenters. The zero-order valence-corrected chi connectivity index (χ0v) is 12.6. The maximum absolute atomic E-state index is 12.0. The molecule has 0 heterocycles. The molecule has 0 radical (unpaired) electrons. The van der Waals surface area contributed by atoms with Gasteiger partial charge in [-0.25, -0.2) is 4.79 Å². The first-order chi connectivity index (χ1) is 10.2. The summed E-state index contributed by atoms with van der Waals surface area (Å²) in [7, 11) is 2.90. The first kappa shape index (κ1) is 15.2. The van der Waals surface area contributed by atoms with Crippen LogP contribution in [0.1, 0.15) is 11.6 Å². The number of halogens is 1. The van der Waals surface area contributed by atoms with Gasteiger partial charge in [0.1, 0.15) is 5.75 Å². The fraction of sp³-hybridized carbons (Fsp3) is 0.188. The van der Waals surface area contributed by atoms with Gasteiger partial charge in [0, 0.05) is 5.69 Å². The Kier molecular flexibility index (Phi) is 5.06. The number of rotatable bonds is 5. The van der Waals surface area contributed by atoms with Crippen LogP contribution in [-0.2, 0) is 9.53 Å². The van der Waals surface area contributed by atoms with Crippen molar-refractivity contribution in [3.8, 4) is 5.75 Å². The molecule has 0 fully saturated rings. The number of para-hydroxylation sites is 1. The molecule has 0 amide bonds. The summed E-state index contributed by atoms with van der Waals surface area (Å²) in [4.78, 5) is 12.0. The fourth-order valence-corrected chi connectivity index (χ4v) is 2.23. The molecule has 0 aliphatic rings. The van der Waals surface area contributed by atoms with Crippen molar-refractivity contribution in [2.75, 3.05) is 19.5 Å². The number of hydrogen-bond acceptors (Lipinski definition) is 4. The molecule has 110 valence electrons. The van der Waals surface area contributed by atoms with Crippen LogP contribution in [0, 0.1) is 0 Å². The van der Waals surface area contributed by atoms with Crippen LogP contribution in [0.2, 0.25) is 5.02 Å². The smallest absolute Gasteiger partial charge is 0.332 e. The van der Waals surface area contributed by atoms with Gasteiger partial charge in [-0.15, -0.1) is 0 Å². The largest absolute Gasteiger partial charge is 0.495 e. The molecular formula is C16H16ClNO3. The quantitative estimate of drug-likeness (QED) is 0.856. The Labute approximate surface area is 128 Å². The van der Waals surface area contributed by atoms with E-state index >= 15 is 0 Å². The zero-order chi connectivity index (χ0) is 15.2. The van der Waals surface area contributed by atoms with Crippen LogP contribution in [0.15, 0.2) is 48.5 Å². The number of nitrogens with one attached hydrogen (secondary N) is 1. The fourth-order valence-electron chi connectivity index (χ4n) is 1.96. The number of ether oxygens (including phenoxy) is 2. The van der Waals surface area contributed by atoms with Gasteiger partial charge in [0.15, 0.2) is 6.04 Å². The Hall–Kier alpha value is -2.20. The number of benzene rings is 2. The standard InChI is InChI=1S/C16H16ClNO3/c1-20-14-9-8-11(10-13(14)17)15(16(19)21-2)18-12-6-4-3-5-7-12/h3-10,15,18H,1-2H3. The van der Waals surface area contributed by atoms with Crippen LogP contribution in [0.4, 0.5) is 5.69 Å². The topological polar surface area (TPSA) is 47.6 Å². The summed E-state index contributed by atoms with van der Waals surface area (Å²) >= 11 is 6.12. The normalized spacial score (nSPS) is 11.6. The van der Waals surface area contributed by atoms with Crippen molar-refractivity contribution in [2.45, 2.75) is 6.04 Å². The molecule has 0 aliphatic heterocycles. The van der Waals surface area contributed by atoms with Crippen molar-refractivity contribution in [1.82, 2.24) is 0 Å². The van der Waals surface area contributed by atoms with Gasteiger partial charge in [-0.05, 0) is 29.8 Å². The highest BCUT2D eigenvalue weighted by molar-refractivity contribution is 6.32. The molecule has 0 bridgehead atoms. The predicted molar refractivity (Wildman–Crippen MR) is 82.8 cm³/mol. The van der Waals surface area contributed by atoms with Crippen molar-refractivity contribution >= 4 is 23.3 Å². The molecule has 0 aromatic heterocycles. The molecule has 2 aromatic rings. The van der Waals surface area contributed by atoms with Crippen LogP contribution in [0.25, 0.3) is 0 Å².